The van der Waals surface area contributed by atoms with E-state index >= 15 is 0 Å². The quantitative estimate of drug-likeness (QED) is 0.567. The Labute approximate surface area is 145 Å². The predicted octanol–water partition coefficient (Wildman–Crippen LogP) is 1.82. The fourth-order valence-electron chi connectivity index (χ4n) is 2.95. The molecule has 0 aromatic rings. The van der Waals surface area contributed by atoms with Gasteiger partial charge >= 0.3 is 0 Å². The zero-order chi connectivity index (χ0) is 18.3. The number of methoxy groups -OCH3 is 1. The predicted molar refractivity (Wildman–Crippen MR) is 91.9 cm³/mol. The standard InChI is InChI=1S/C18H29N3O3/c1-13(2)10-15(12-19)18(23)21-8-6-14(11-17(22)20(3)4)16(24-5)7-9-21/h10,13-14,16H,6-9,11H2,1-5H3/b15-10+/t14-,16+/m1/s1. The summed E-state index contributed by atoms with van der Waals surface area (Å²) < 4.78 is 5.56. The number of ether oxygens (including phenoxy) is 1. The van der Waals surface area contributed by atoms with Crippen LogP contribution in [-0.2, 0) is 14.3 Å². The number of carbonyl (C=O) groups is 2. The summed E-state index contributed by atoms with van der Waals surface area (Å²) in [6, 6.07) is 2.01. The molecule has 0 aromatic carbocycles. The lowest BCUT2D eigenvalue weighted by Gasteiger charge is -2.24. The summed E-state index contributed by atoms with van der Waals surface area (Å²) in [7, 11) is 5.13. The third kappa shape index (κ3) is 5.64. The van der Waals surface area contributed by atoms with Crippen molar-refractivity contribution in [1.29, 1.82) is 5.26 Å². The van der Waals surface area contributed by atoms with Crippen LogP contribution in [0.1, 0.15) is 33.1 Å². The molecule has 0 N–H and O–H groups in total. The smallest absolute Gasteiger partial charge is 0.264 e. The molecule has 0 aliphatic carbocycles. The van der Waals surface area contributed by atoms with Crippen LogP contribution >= 0.6 is 0 Å². The number of hydrogen-bond donors (Lipinski definition) is 0. The molecule has 0 aromatic heterocycles. The summed E-state index contributed by atoms with van der Waals surface area (Å²) in [5.74, 6) is 0.0787. The molecule has 2 amide bonds. The van der Waals surface area contributed by atoms with Crippen LogP contribution in [0.5, 0.6) is 0 Å². The van der Waals surface area contributed by atoms with E-state index in [9.17, 15) is 14.9 Å². The van der Waals surface area contributed by atoms with Gasteiger partial charge in [-0.15, -0.1) is 0 Å². The molecule has 0 bridgehead atoms. The SMILES string of the molecule is CO[C@H]1CCN(C(=O)/C(C#N)=C/C(C)C)CC[C@@H]1CC(=O)N(C)C. The Bertz CT molecular complexity index is 520. The van der Waals surface area contributed by atoms with Crippen LogP contribution in [0, 0.1) is 23.2 Å². The molecular weight excluding hydrogens is 306 g/mol. The average molecular weight is 335 g/mol. The highest BCUT2D eigenvalue weighted by Gasteiger charge is 2.31. The Morgan fingerprint density at radius 3 is 2.46 bits per heavy atom. The van der Waals surface area contributed by atoms with Crippen LogP contribution in [0.4, 0.5) is 0 Å². The van der Waals surface area contributed by atoms with Crippen molar-refractivity contribution in [3.8, 4) is 6.07 Å². The lowest BCUT2D eigenvalue weighted by atomic mass is 9.93. The molecule has 0 saturated carbocycles. The van der Waals surface area contributed by atoms with Crippen molar-refractivity contribution in [2.45, 2.75) is 39.2 Å². The third-order valence-corrected chi connectivity index (χ3v) is 4.36. The van der Waals surface area contributed by atoms with Crippen molar-refractivity contribution in [2.24, 2.45) is 11.8 Å². The highest BCUT2D eigenvalue weighted by atomic mass is 16.5. The minimum absolute atomic E-state index is 0.0497. The normalized spacial score (nSPS) is 22.0. The zero-order valence-corrected chi connectivity index (χ0v) is 15.4. The second-order valence-corrected chi connectivity index (χ2v) is 6.83. The number of rotatable bonds is 5. The molecule has 0 radical (unpaired) electrons. The molecule has 1 saturated heterocycles. The molecule has 1 aliphatic rings. The Morgan fingerprint density at radius 2 is 1.96 bits per heavy atom. The Hall–Kier alpha value is -1.87. The third-order valence-electron chi connectivity index (χ3n) is 4.36. The highest BCUT2D eigenvalue weighted by molar-refractivity contribution is 5.97. The summed E-state index contributed by atoms with van der Waals surface area (Å²) in [5.41, 5.74) is 0.196. The summed E-state index contributed by atoms with van der Waals surface area (Å²) in [6.07, 6.45) is 3.44. The topological polar surface area (TPSA) is 73.6 Å². The maximum absolute atomic E-state index is 12.6. The minimum Gasteiger partial charge on any atom is -0.381 e. The Kier molecular flexibility index (Phi) is 7.93. The highest BCUT2D eigenvalue weighted by Crippen LogP contribution is 2.25. The van der Waals surface area contributed by atoms with E-state index in [1.807, 2.05) is 19.9 Å². The van der Waals surface area contributed by atoms with E-state index in [1.54, 1.807) is 37.1 Å². The van der Waals surface area contributed by atoms with Crippen LogP contribution in [0.2, 0.25) is 0 Å². The summed E-state index contributed by atoms with van der Waals surface area (Å²) >= 11 is 0. The molecule has 24 heavy (non-hydrogen) atoms. The van der Waals surface area contributed by atoms with Gasteiger partial charge in [0.05, 0.1) is 6.10 Å². The molecule has 2 atom stereocenters. The van der Waals surface area contributed by atoms with Gasteiger partial charge in [0.15, 0.2) is 0 Å². The second kappa shape index (κ2) is 9.43. The molecule has 0 unspecified atom stereocenters. The van der Waals surface area contributed by atoms with Gasteiger partial charge in [-0.3, -0.25) is 9.59 Å². The van der Waals surface area contributed by atoms with Crippen LogP contribution < -0.4 is 0 Å². The van der Waals surface area contributed by atoms with Crippen LogP contribution in [0.25, 0.3) is 0 Å². The van der Waals surface area contributed by atoms with Gasteiger partial charge in [-0.25, -0.2) is 0 Å². The lowest BCUT2D eigenvalue weighted by Crippen LogP contribution is -2.33. The van der Waals surface area contributed by atoms with E-state index in [-0.39, 0.29) is 35.3 Å². The fourth-order valence-corrected chi connectivity index (χ4v) is 2.95. The van der Waals surface area contributed by atoms with Gasteiger partial charge in [0, 0.05) is 40.7 Å². The second-order valence-electron chi connectivity index (χ2n) is 6.83. The monoisotopic (exact) mass is 335 g/mol. The number of nitriles is 1. The van der Waals surface area contributed by atoms with Crippen LogP contribution in [0.15, 0.2) is 11.6 Å². The summed E-state index contributed by atoms with van der Waals surface area (Å²) in [5, 5.41) is 9.24. The van der Waals surface area contributed by atoms with E-state index < -0.39 is 0 Å². The van der Waals surface area contributed by atoms with E-state index in [0.29, 0.717) is 32.4 Å². The van der Waals surface area contributed by atoms with Gasteiger partial charge in [0.1, 0.15) is 11.6 Å². The Balaban J connectivity index is 2.82. The number of likely N-dealkylation sites (tertiary alicyclic amines) is 1. The minimum atomic E-state index is -0.222. The van der Waals surface area contributed by atoms with Crippen LogP contribution in [-0.4, -0.2) is 62.0 Å². The molecule has 1 rings (SSSR count). The van der Waals surface area contributed by atoms with Crippen molar-refractivity contribution < 1.29 is 14.3 Å². The summed E-state index contributed by atoms with van der Waals surface area (Å²) in [4.78, 5) is 27.9. The molecule has 1 fully saturated rings. The zero-order valence-electron chi connectivity index (χ0n) is 15.4. The first kappa shape index (κ1) is 20.2. The number of carbonyl (C=O) groups excluding carboxylic acids is 2. The number of amides is 2. The number of hydrogen-bond acceptors (Lipinski definition) is 4. The van der Waals surface area contributed by atoms with Gasteiger partial charge in [-0.1, -0.05) is 19.9 Å². The summed E-state index contributed by atoms with van der Waals surface area (Å²) in [6.45, 7) is 4.97. The van der Waals surface area contributed by atoms with Crippen LogP contribution in [0.3, 0.4) is 0 Å². The fraction of sp³-hybridized carbons (Fsp3) is 0.722. The molecule has 6 nitrogen and oxygen atoms in total. The van der Waals surface area contributed by atoms with Crippen molar-refractivity contribution in [2.75, 3.05) is 34.3 Å². The molecular formula is C18H29N3O3. The van der Waals surface area contributed by atoms with E-state index in [1.165, 1.54) is 0 Å². The van der Waals surface area contributed by atoms with Gasteiger partial charge in [-0.05, 0) is 24.7 Å². The van der Waals surface area contributed by atoms with Crippen molar-refractivity contribution in [3.05, 3.63) is 11.6 Å². The van der Waals surface area contributed by atoms with Crippen molar-refractivity contribution in [3.63, 3.8) is 0 Å². The van der Waals surface area contributed by atoms with Crippen molar-refractivity contribution >= 4 is 11.8 Å². The first-order valence-electron chi connectivity index (χ1n) is 8.44. The van der Waals surface area contributed by atoms with E-state index in [0.717, 1.165) is 0 Å². The molecule has 1 aliphatic heterocycles. The first-order valence-corrected chi connectivity index (χ1v) is 8.44. The Morgan fingerprint density at radius 1 is 1.33 bits per heavy atom. The van der Waals surface area contributed by atoms with Gasteiger partial charge in [0.25, 0.3) is 5.91 Å². The van der Waals surface area contributed by atoms with E-state index in [2.05, 4.69) is 0 Å². The molecule has 6 heteroatoms. The number of nitrogens with zero attached hydrogens (tertiary/aromatic N) is 3. The first-order chi connectivity index (χ1) is 11.3. The maximum Gasteiger partial charge on any atom is 0.264 e. The maximum atomic E-state index is 12.6. The van der Waals surface area contributed by atoms with Gasteiger partial charge in [-0.2, -0.15) is 5.26 Å². The van der Waals surface area contributed by atoms with Gasteiger partial charge < -0.3 is 14.5 Å². The number of allylic oxidation sites excluding steroid dienone is 1. The van der Waals surface area contributed by atoms with Crippen molar-refractivity contribution in [1.82, 2.24) is 9.80 Å². The largest absolute Gasteiger partial charge is 0.381 e. The molecule has 1 heterocycles. The molecule has 0 spiro atoms. The average Bonchev–Trinajstić information content (AvgIpc) is 2.73. The lowest BCUT2D eigenvalue weighted by molar-refractivity contribution is -0.131. The molecule has 134 valence electrons. The van der Waals surface area contributed by atoms with Gasteiger partial charge in [0.2, 0.25) is 5.91 Å². The van der Waals surface area contributed by atoms with E-state index in [4.69, 9.17) is 4.74 Å².